The summed E-state index contributed by atoms with van der Waals surface area (Å²) in [7, 11) is 0. The molecule has 0 aliphatic heterocycles. The molecule has 0 aromatic heterocycles. The summed E-state index contributed by atoms with van der Waals surface area (Å²) in [5, 5.41) is 3.03. The van der Waals surface area contributed by atoms with Crippen LogP contribution in [0.1, 0.15) is 5.56 Å². The molecular weight excluding hydrogens is 235 g/mol. The molecule has 4 heteroatoms. The molecule has 3 N–H and O–H groups in total. The van der Waals surface area contributed by atoms with Crippen molar-refractivity contribution in [3.63, 3.8) is 0 Å². The van der Waals surface area contributed by atoms with E-state index in [0.717, 1.165) is 4.47 Å². The van der Waals surface area contributed by atoms with Crippen LogP contribution >= 0.6 is 15.9 Å². The molecule has 0 unspecified atom stereocenters. The first-order valence-electron chi connectivity index (χ1n) is 4.08. The molecule has 1 aromatic carbocycles. The number of rotatable bonds is 4. The largest absolute Gasteiger partial charge is 0.329 e. The van der Waals surface area contributed by atoms with E-state index in [-0.39, 0.29) is 5.82 Å². The van der Waals surface area contributed by atoms with Gasteiger partial charge in [-0.15, -0.1) is 0 Å². The molecule has 1 rings (SSSR count). The van der Waals surface area contributed by atoms with Crippen LogP contribution < -0.4 is 11.1 Å². The minimum Gasteiger partial charge on any atom is -0.329 e. The Kier molecular flexibility index (Phi) is 4.35. The number of halogens is 2. The van der Waals surface area contributed by atoms with Crippen molar-refractivity contribution in [3.05, 3.63) is 34.1 Å². The summed E-state index contributed by atoms with van der Waals surface area (Å²) in [6.07, 6.45) is 0. The van der Waals surface area contributed by atoms with Gasteiger partial charge >= 0.3 is 0 Å². The van der Waals surface area contributed by atoms with Crippen LogP contribution in [0.25, 0.3) is 0 Å². The van der Waals surface area contributed by atoms with Crippen LogP contribution in [0, 0.1) is 5.82 Å². The first-order chi connectivity index (χ1) is 6.24. The lowest BCUT2D eigenvalue weighted by molar-refractivity contribution is 0.589. The first kappa shape index (κ1) is 10.6. The highest BCUT2D eigenvalue weighted by molar-refractivity contribution is 9.10. The zero-order valence-corrected chi connectivity index (χ0v) is 8.77. The lowest BCUT2D eigenvalue weighted by Gasteiger charge is -2.04. The third kappa shape index (κ3) is 3.42. The predicted octanol–water partition coefficient (Wildman–Crippen LogP) is 1.64. The molecule has 72 valence electrons. The van der Waals surface area contributed by atoms with Crippen molar-refractivity contribution in [2.24, 2.45) is 5.73 Å². The van der Waals surface area contributed by atoms with Gasteiger partial charge in [-0.25, -0.2) is 4.39 Å². The van der Waals surface area contributed by atoms with E-state index in [2.05, 4.69) is 21.2 Å². The van der Waals surface area contributed by atoms with Gasteiger partial charge in [0.1, 0.15) is 5.82 Å². The molecule has 0 bridgehead atoms. The molecule has 0 fully saturated rings. The van der Waals surface area contributed by atoms with E-state index in [9.17, 15) is 4.39 Å². The average molecular weight is 247 g/mol. The second-order valence-corrected chi connectivity index (χ2v) is 3.62. The van der Waals surface area contributed by atoms with Crippen molar-refractivity contribution in [3.8, 4) is 0 Å². The predicted molar refractivity (Wildman–Crippen MR) is 54.9 cm³/mol. The van der Waals surface area contributed by atoms with Crippen molar-refractivity contribution in [2.45, 2.75) is 6.54 Å². The fraction of sp³-hybridized carbons (Fsp3) is 0.333. The number of nitrogens with one attached hydrogen (secondary N) is 1. The second kappa shape index (κ2) is 5.32. The average Bonchev–Trinajstić information content (AvgIpc) is 2.11. The molecule has 0 atom stereocenters. The van der Waals surface area contributed by atoms with E-state index >= 15 is 0 Å². The molecule has 0 aliphatic carbocycles. The molecule has 1 aromatic rings. The quantitative estimate of drug-likeness (QED) is 0.794. The topological polar surface area (TPSA) is 38.0 Å². The third-order valence-electron chi connectivity index (χ3n) is 1.64. The van der Waals surface area contributed by atoms with Gasteiger partial charge in [-0.3, -0.25) is 0 Å². The van der Waals surface area contributed by atoms with Gasteiger partial charge in [-0.2, -0.15) is 0 Å². The van der Waals surface area contributed by atoms with Gasteiger partial charge in [0.15, 0.2) is 0 Å². The molecule has 0 saturated heterocycles. The Bertz CT molecular complexity index is 278. The summed E-state index contributed by atoms with van der Waals surface area (Å²) in [6, 6.07) is 4.89. The Labute approximate surface area is 85.4 Å². The van der Waals surface area contributed by atoms with Crippen LogP contribution in [0.5, 0.6) is 0 Å². The summed E-state index contributed by atoms with van der Waals surface area (Å²) in [6.45, 7) is 1.78. The summed E-state index contributed by atoms with van der Waals surface area (Å²) >= 11 is 3.29. The Hall–Kier alpha value is -0.450. The van der Waals surface area contributed by atoms with Gasteiger partial charge in [0, 0.05) is 29.7 Å². The fourth-order valence-electron chi connectivity index (χ4n) is 1.00. The van der Waals surface area contributed by atoms with Crippen LogP contribution in [-0.2, 0) is 6.54 Å². The highest BCUT2D eigenvalue weighted by Crippen LogP contribution is 2.14. The molecule has 2 nitrogen and oxygen atoms in total. The normalized spacial score (nSPS) is 10.4. The van der Waals surface area contributed by atoms with E-state index in [1.807, 2.05) is 0 Å². The van der Waals surface area contributed by atoms with Gasteiger partial charge in [-0.1, -0.05) is 15.9 Å². The molecule has 0 amide bonds. The molecular formula is C9H12BrFN2. The number of hydrogen-bond donors (Lipinski definition) is 2. The minimum absolute atomic E-state index is 0.187. The van der Waals surface area contributed by atoms with Crippen molar-refractivity contribution < 1.29 is 4.39 Å². The molecule has 0 radical (unpaired) electrons. The number of benzene rings is 1. The Balaban J connectivity index is 2.59. The van der Waals surface area contributed by atoms with Crippen molar-refractivity contribution >= 4 is 15.9 Å². The standard InChI is InChI=1S/C9H12BrFN2/c10-8-1-2-9(11)7(5-8)6-13-4-3-12/h1-2,5,13H,3-4,6,12H2. The van der Waals surface area contributed by atoms with Crippen LogP contribution in [-0.4, -0.2) is 13.1 Å². The van der Waals surface area contributed by atoms with Crippen LogP contribution in [0.4, 0.5) is 4.39 Å². The number of hydrogen-bond acceptors (Lipinski definition) is 2. The Morgan fingerprint density at radius 1 is 1.46 bits per heavy atom. The second-order valence-electron chi connectivity index (χ2n) is 2.70. The minimum atomic E-state index is -0.187. The summed E-state index contributed by atoms with van der Waals surface area (Å²) in [5.74, 6) is -0.187. The monoisotopic (exact) mass is 246 g/mol. The molecule has 0 aliphatic rings. The van der Waals surface area contributed by atoms with Gasteiger partial charge in [0.05, 0.1) is 0 Å². The summed E-state index contributed by atoms with van der Waals surface area (Å²) in [4.78, 5) is 0. The molecule has 0 spiro atoms. The Morgan fingerprint density at radius 3 is 2.92 bits per heavy atom. The van der Waals surface area contributed by atoms with Crippen molar-refractivity contribution in [2.75, 3.05) is 13.1 Å². The maximum atomic E-state index is 13.1. The van der Waals surface area contributed by atoms with Crippen molar-refractivity contribution in [1.82, 2.24) is 5.32 Å². The SMILES string of the molecule is NCCNCc1cc(Br)ccc1F. The highest BCUT2D eigenvalue weighted by Gasteiger charge is 2.01. The maximum absolute atomic E-state index is 13.1. The summed E-state index contributed by atoms with van der Waals surface area (Å²) in [5.41, 5.74) is 5.95. The van der Waals surface area contributed by atoms with Gasteiger partial charge in [-0.05, 0) is 18.2 Å². The van der Waals surface area contributed by atoms with E-state index in [1.54, 1.807) is 12.1 Å². The highest BCUT2D eigenvalue weighted by atomic mass is 79.9. The first-order valence-corrected chi connectivity index (χ1v) is 4.88. The smallest absolute Gasteiger partial charge is 0.127 e. The molecule has 13 heavy (non-hydrogen) atoms. The van der Waals surface area contributed by atoms with Crippen LogP contribution in [0.15, 0.2) is 22.7 Å². The van der Waals surface area contributed by atoms with E-state index < -0.39 is 0 Å². The van der Waals surface area contributed by atoms with Gasteiger partial charge in [0.25, 0.3) is 0 Å². The van der Waals surface area contributed by atoms with Gasteiger partial charge in [0.2, 0.25) is 0 Å². The van der Waals surface area contributed by atoms with E-state index in [4.69, 9.17) is 5.73 Å². The lowest BCUT2D eigenvalue weighted by Crippen LogP contribution is -2.22. The van der Waals surface area contributed by atoms with Crippen molar-refractivity contribution in [1.29, 1.82) is 0 Å². The van der Waals surface area contributed by atoms with Crippen LogP contribution in [0.3, 0.4) is 0 Å². The van der Waals surface area contributed by atoms with Gasteiger partial charge < -0.3 is 11.1 Å². The summed E-state index contributed by atoms with van der Waals surface area (Å²) < 4.78 is 14.0. The molecule has 0 saturated carbocycles. The lowest BCUT2D eigenvalue weighted by atomic mass is 10.2. The zero-order chi connectivity index (χ0) is 9.68. The van der Waals surface area contributed by atoms with E-state index in [1.165, 1.54) is 6.07 Å². The fourth-order valence-corrected chi connectivity index (χ4v) is 1.41. The Morgan fingerprint density at radius 2 is 2.23 bits per heavy atom. The van der Waals surface area contributed by atoms with E-state index in [0.29, 0.717) is 25.2 Å². The maximum Gasteiger partial charge on any atom is 0.127 e. The van der Waals surface area contributed by atoms with Crippen LogP contribution in [0.2, 0.25) is 0 Å². The third-order valence-corrected chi connectivity index (χ3v) is 2.14. The zero-order valence-electron chi connectivity index (χ0n) is 7.19. The number of nitrogens with two attached hydrogens (primary N) is 1. The molecule has 0 heterocycles.